The van der Waals surface area contributed by atoms with Gasteiger partial charge in [0.1, 0.15) is 17.4 Å². The Morgan fingerprint density at radius 3 is 2.50 bits per heavy atom. The van der Waals surface area contributed by atoms with Gasteiger partial charge in [0.25, 0.3) is 0 Å². The lowest BCUT2D eigenvalue weighted by atomic mass is 10.1. The molecule has 1 atom stereocenters. The molecular formula is C16H21NO2S. The number of rotatable bonds is 6. The van der Waals surface area contributed by atoms with Crippen molar-refractivity contribution in [1.82, 2.24) is 4.98 Å². The van der Waals surface area contributed by atoms with E-state index < -0.39 is 0 Å². The average molecular weight is 291 g/mol. The van der Waals surface area contributed by atoms with E-state index in [0.29, 0.717) is 6.61 Å². The second-order valence-corrected chi connectivity index (χ2v) is 6.36. The molecule has 1 aromatic heterocycles. The Balaban J connectivity index is 1.87. The molecule has 1 N–H and O–H groups in total. The fourth-order valence-corrected chi connectivity index (χ4v) is 2.72. The number of ether oxygens (including phenoxy) is 1. The van der Waals surface area contributed by atoms with Gasteiger partial charge in [0.2, 0.25) is 0 Å². The Kier molecular flexibility index (Phi) is 5.15. The van der Waals surface area contributed by atoms with Gasteiger partial charge in [-0.05, 0) is 51.3 Å². The van der Waals surface area contributed by atoms with Crippen LogP contribution in [0, 0.1) is 13.8 Å². The second kappa shape index (κ2) is 6.86. The van der Waals surface area contributed by atoms with Gasteiger partial charge >= 0.3 is 0 Å². The average Bonchev–Trinajstić information content (AvgIpc) is 2.74. The van der Waals surface area contributed by atoms with E-state index in [1.54, 1.807) is 11.3 Å². The first-order valence-electron chi connectivity index (χ1n) is 6.87. The molecule has 0 saturated carbocycles. The maximum Gasteiger partial charge on any atom is 0.140 e. The van der Waals surface area contributed by atoms with Gasteiger partial charge in [-0.2, -0.15) is 0 Å². The predicted octanol–water partition coefficient (Wildman–Crippen LogP) is 3.65. The molecule has 0 aliphatic heterocycles. The highest BCUT2D eigenvalue weighted by atomic mass is 32.1. The molecule has 1 aromatic carbocycles. The quantitative estimate of drug-likeness (QED) is 0.883. The molecule has 0 amide bonds. The summed E-state index contributed by atoms with van der Waals surface area (Å²) in [5.74, 6) is 0.858. The molecule has 0 radical (unpaired) electrons. The number of hydrogen-bond donors (Lipinski definition) is 1. The number of hydrogen-bond acceptors (Lipinski definition) is 4. The molecule has 2 aromatic rings. The monoisotopic (exact) mass is 291 g/mol. The van der Waals surface area contributed by atoms with Crippen molar-refractivity contribution in [2.24, 2.45) is 0 Å². The Morgan fingerprint density at radius 2 is 1.95 bits per heavy atom. The van der Waals surface area contributed by atoms with Crippen LogP contribution in [0.1, 0.15) is 34.5 Å². The largest absolute Gasteiger partial charge is 0.486 e. The number of aliphatic hydroxyl groups is 1. The first-order chi connectivity index (χ1) is 9.54. The smallest absolute Gasteiger partial charge is 0.140 e. The van der Waals surface area contributed by atoms with Crippen LogP contribution >= 0.6 is 11.3 Å². The van der Waals surface area contributed by atoms with Crippen LogP contribution in [0.15, 0.2) is 24.3 Å². The van der Waals surface area contributed by atoms with Gasteiger partial charge in [-0.1, -0.05) is 12.1 Å². The minimum atomic E-state index is -0.248. The van der Waals surface area contributed by atoms with Crippen molar-refractivity contribution in [2.45, 2.75) is 46.3 Å². The highest BCUT2D eigenvalue weighted by Crippen LogP contribution is 2.19. The third-order valence-electron chi connectivity index (χ3n) is 3.21. The van der Waals surface area contributed by atoms with E-state index in [2.05, 4.69) is 24.0 Å². The zero-order valence-electron chi connectivity index (χ0n) is 12.2. The van der Waals surface area contributed by atoms with Crippen LogP contribution in [-0.2, 0) is 13.0 Å². The molecule has 1 heterocycles. The third kappa shape index (κ3) is 4.32. The summed E-state index contributed by atoms with van der Waals surface area (Å²) in [4.78, 5) is 5.70. The van der Waals surface area contributed by atoms with Crippen molar-refractivity contribution in [3.05, 3.63) is 45.4 Å². The van der Waals surface area contributed by atoms with Crippen molar-refractivity contribution >= 4 is 11.3 Å². The van der Waals surface area contributed by atoms with E-state index >= 15 is 0 Å². The maximum atomic E-state index is 9.27. The molecule has 0 aliphatic carbocycles. The van der Waals surface area contributed by atoms with E-state index in [1.807, 2.05) is 26.0 Å². The van der Waals surface area contributed by atoms with E-state index in [1.165, 1.54) is 10.4 Å². The number of aromatic nitrogens is 1. The lowest BCUT2D eigenvalue weighted by molar-refractivity contribution is 0.185. The SMILES string of the molecule is Cc1nc(COc2ccc(CCC(C)O)cc2)sc1C. The Labute approximate surface area is 124 Å². The fraction of sp³-hybridized carbons (Fsp3) is 0.438. The number of thiazole rings is 1. The van der Waals surface area contributed by atoms with Crippen LogP contribution in [-0.4, -0.2) is 16.2 Å². The van der Waals surface area contributed by atoms with E-state index in [4.69, 9.17) is 4.74 Å². The first-order valence-corrected chi connectivity index (χ1v) is 7.69. The van der Waals surface area contributed by atoms with Crippen LogP contribution in [0.2, 0.25) is 0 Å². The summed E-state index contributed by atoms with van der Waals surface area (Å²) in [5, 5.41) is 10.3. The van der Waals surface area contributed by atoms with Gasteiger partial charge in [0.05, 0.1) is 11.8 Å². The topological polar surface area (TPSA) is 42.4 Å². The van der Waals surface area contributed by atoms with Crippen molar-refractivity contribution < 1.29 is 9.84 Å². The van der Waals surface area contributed by atoms with Crippen LogP contribution in [0.5, 0.6) is 5.75 Å². The molecule has 2 rings (SSSR count). The van der Waals surface area contributed by atoms with E-state index in [9.17, 15) is 5.11 Å². The maximum absolute atomic E-state index is 9.27. The predicted molar refractivity (Wildman–Crippen MR) is 82.4 cm³/mol. The summed E-state index contributed by atoms with van der Waals surface area (Å²) in [6, 6.07) is 8.06. The normalized spacial score (nSPS) is 12.4. The molecule has 0 bridgehead atoms. The summed E-state index contributed by atoms with van der Waals surface area (Å²) in [6.45, 7) is 6.43. The summed E-state index contributed by atoms with van der Waals surface area (Å²) in [7, 11) is 0. The van der Waals surface area contributed by atoms with Gasteiger partial charge in [-0.15, -0.1) is 11.3 Å². The van der Waals surface area contributed by atoms with Crippen LogP contribution < -0.4 is 4.74 Å². The van der Waals surface area contributed by atoms with Gasteiger partial charge in [-0.25, -0.2) is 4.98 Å². The molecule has 108 valence electrons. The highest BCUT2D eigenvalue weighted by Gasteiger charge is 2.04. The lowest BCUT2D eigenvalue weighted by Crippen LogP contribution is -2.01. The summed E-state index contributed by atoms with van der Waals surface area (Å²) in [5.41, 5.74) is 2.31. The van der Waals surface area contributed by atoms with Crippen molar-refractivity contribution in [3.63, 3.8) is 0 Å². The number of nitrogens with zero attached hydrogens (tertiary/aromatic N) is 1. The Bertz CT molecular complexity index is 527. The van der Waals surface area contributed by atoms with Gasteiger partial charge < -0.3 is 9.84 Å². The molecular weight excluding hydrogens is 270 g/mol. The molecule has 1 unspecified atom stereocenters. The minimum absolute atomic E-state index is 0.248. The molecule has 4 heteroatoms. The van der Waals surface area contributed by atoms with E-state index in [0.717, 1.165) is 29.3 Å². The second-order valence-electron chi connectivity index (χ2n) is 5.07. The minimum Gasteiger partial charge on any atom is -0.486 e. The van der Waals surface area contributed by atoms with Crippen LogP contribution in [0.4, 0.5) is 0 Å². The molecule has 20 heavy (non-hydrogen) atoms. The van der Waals surface area contributed by atoms with Crippen LogP contribution in [0.3, 0.4) is 0 Å². The first kappa shape index (κ1) is 15.0. The molecule has 0 saturated heterocycles. The molecule has 0 spiro atoms. The molecule has 0 fully saturated rings. The van der Waals surface area contributed by atoms with Gasteiger partial charge in [0, 0.05) is 4.88 Å². The number of aryl methyl sites for hydroxylation is 3. The summed E-state index contributed by atoms with van der Waals surface area (Å²) >= 11 is 1.68. The third-order valence-corrected chi connectivity index (χ3v) is 4.26. The summed E-state index contributed by atoms with van der Waals surface area (Å²) < 4.78 is 5.74. The summed E-state index contributed by atoms with van der Waals surface area (Å²) in [6.07, 6.45) is 1.43. The van der Waals surface area contributed by atoms with Gasteiger partial charge in [0.15, 0.2) is 0 Å². The fourth-order valence-electron chi connectivity index (χ4n) is 1.87. The molecule has 3 nitrogen and oxygen atoms in total. The van der Waals surface area contributed by atoms with Crippen molar-refractivity contribution in [3.8, 4) is 5.75 Å². The van der Waals surface area contributed by atoms with Crippen molar-refractivity contribution in [2.75, 3.05) is 0 Å². The lowest BCUT2D eigenvalue weighted by Gasteiger charge is -2.07. The number of benzene rings is 1. The Morgan fingerprint density at radius 1 is 1.25 bits per heavy atom. The van der Waals surface area contributed by atoms with Gasteiger partial charge in [-0.3, -0.25) is 0 Å². The molecule has 0 aliphatic rings. The Hall–Kier alpha value is -1.39. The number of aliphatic hydroxyl groups excluding tert-OH is 1. The highest BCUT2D eigenvalue weighted by molar-refractivity contribution is 7.11. The van der Waals surface area contributed by atoms with Crippen LogP contribution in [0.25, 0.3) is 0 Å². The van der Waals surface area contributed by atoms with E-state index in [-0.39, 0.29) is 6.10 Å². The zero-order chi connectivity index (χ0) is 14.5. The zero-order valence-corrected chi connectivity index (χ0v) is 13.0. The van der Waals surface area contributed by atoms with Crippen molar-refractivity contribution in [1.29, 1.82) is 0 Å². The standard InChI is InChI=1S/C16H21NO2S/c1-11(18)4-5-14-6-8-15(9-7-14)19-10-16-17-12(2)13(3)20-16/h6-9,11,18H,4-5,10H2,1-3H3.